The molecule has 5 nitrogen and oxygen atoms in total. The van der Waals surface area contributed by atoms with Gasteiger partial charge in [-0.3, -0.25) is 4.40 Å². The minimum absolute atomic E-state index is 0.311. The first-order valence-corrected chi connectivity index (χ1v) is 6.00. The highest BCUT2D eigenvalue weighted by atomic mass is 16.5. The third kappa shape index (κ3) is 1.86. The van der Waals surface area contributed by atoms with Crippen LogP contribution in [-0.2, 0) is 0 Å². The van der Waals surface area contributed by atoms with Gasteiger partial charge < -0.3 is 10.1 Å². The molecule has 1 fully saturated rings. The lowest BCUT2D eigenvalue weighted by Gasteiger charge is -2.21. The highest BCUT2D eigenvalue weighted by Gasteiger charge is 2.20. The molecule has 1 saturated heterocycles. The van der Waals surface area contributed by atoms with E-state index < -0.39 is 0 Å². The predicted molar refractivity (Wildman–Crippen MR) is 64.1 cm³/mol. The molecule has 2 aromatic heterocycles. The SMILES string of the molecule is COc1ccc2nnc(C3CCCCN3)n2c1. The van der Waals surface area contributed by atoms with Crippen molar-refractivity contribution in [1.82, 2.24) is 19.9 Å². The zero-order valence-electron chi connectivity index (χ0n) is 9.89. The van der Waals surface area contributed by atoms with Crippen molar-refractivity contribution in [2.45, 2.75) is 25.3 Å². The van der Waals surface area contributed by atoms with E-state index in [0.29, 0.717) is 6.04 Å². The van der Waals surface area contributed by atoms with Gasteiger partial charge in [-0.25, -0.2) is 0 Å². The number of rotatable bonds is 2. The van der Waals surface area contributed by atoms with E-state index in [1.165, 1.54) is 12.8 Å². The van der Waals surface area contributed by atoms with E-state index in [1.54, 1.807) is 7.11 Å². The Hall–Kier alpha value is -1.62. The molecular formula is C12H16N4O. The highest BCUT2D eigenvalue weighted by Crippen LogP contribution is 2.23. The van der Waals surface area contributed by atoms with Crippen LogP contribution in [0.4, 0.5) is 0 Å². The van der Waals surface area contributed by atoms with Crippen LogP contribution >= 0.6 is 0 Å². The normalized spacial score (nSPS) is 20.6. The van der Waals surface area contributed by atoms with Crippen molar-refractivity contribution in [3.8, 4) is 5.75 Å². The van der Waals surface area contributed by atoms with E-state index in [1.807, 2.05) is 22.7 Å². The average Bonchev–Trinajstić information content (AvgIpc) is 2.82. The van der Waals surface area contributed by atoms with E-state index in [2.05, 4.69) is 15.5 Å². The van der Waals surface area contributed by atoms with Gasteiger partial charge in [-0.15, -0.1) is 10.2 Å². The molecule has 1 unspecified atom stereocenters. The van der Waals surface area contributed by atoms with Crippen LogP contribution in [0.1, 0.15) is 31.1 Å². The second-order valence-corrected chi connectivity index (χ2v) is 4.36. The lowest BCUT2D eigenvalue weighted by molar-refractivity contribution is 0.392. The molecule has 1 aliphatic heterocycles. The van der Waals surface area contributed by atoms with E-state index in [9.17, 15) is 0 Å². The molecule has 90 valence electrons. The van der Waals surface area contributed by atoms with Gasteiger partial charge in [0.1, 0.15) is 5.75 Å². The summed E-state index contributed by atoms with van der Waals surface area (Å²) in [6.45, 7) is 1.06. The van der Waals surface area contributed by atoms with Crippen LogP contribution in [-0.4, -0.2) is 28.3 Å². The Kier molecular flexibility index (Phi) is 2.68. The molecule has 17 heavy (non-hydrogen) atoms. The zero-order chi connectivity index (χ0) is 11.7. The average molecular weight is 232 g/mol. The van der Waals surface area contributed by atoms with Gasteiger partial charge >= 0.3 is 0 Å². The summed E-state index contributed by atoms with van der Waals surface area (Å²) in [5.74, 6) is 1.81. The lowest BCUT2D eigenvalue weighted by Crippen LogP contribution is -2.28. The number of hydrogen-bond acceptors (Lipinski definition) is 4. The van der Waals surface area contributed by atoms with Crippen LogP contribution in [0, 0.1) is 0 Å². The van der Waals surface area contributed by atoms with Crippen LogP contribution in [0.15, 0.2) is 18.3 Å². The van der Waals surface area contributed by atoms with Crippen LogP contribution in [0.5, 0.6) is 5.75 Å². The zero-order valence-corrected chi connectivity index (χ0v) is 9.89. The van der Waals surface area contributed by atoms with Crippen molar-refractivity contribution in [3.63, 3.8) is 0 Å². The Morgan fingerprint density at radius 1 is 1.35 bits per heavy atom. The quantitative estimate of drug-likeness (QED) is 0.853. The molecule has 1 N–H and O–H groups in total. The van der Waals surface area contributed by atoms with Crippen LogP contribution in [0.25, 0.3) is 5.65 Å². The number of aromatic nitrogens is 3. The monoisotopic (exact) mass is 232 g/mol. The first-order valence-electron chi connectivity index (χ1n) is 6.00. The third-order valence-corrected chi connectivity index (χ3v) is 3.26. The number of piperidine rings is 1. The van der Waals surface area contributed by atoms with Crippen molar-refractivity contribution < 1.29 is 4.74 Å². The Morgan fingerprint density at radius 3 is 3.06 bits per heavy atom. The molecule has 1 aliphatic rings. The van der Waals surface area contributed by atoms with E-state index in [-0.39, 0.29) is 0 Å². The molecule has 0 spiro atoms. The van der Waals surface area contributed by atoms with Gasteiger partial charge in [0, 0.05) is 0 Å². The number of hydrogen-bond donors (Lipinski definition) is 1. The minimum atomic E-state index is 0.311. The number of methoxy groups -OCH3 is 1. The Balaban J connectivity index is 2.02. The third-order valence-electron chi connectivity index (χ3n) is 3.26. The maximum Gasteiger partial charge on any atom is 0.161 e. The standard InChI is InChI=1S/C12H16N4O/c1-17-9-5-6-11-14-15-12(16(11)8-9)10-4-2-3-7-13-10/h5-6,8,10,13H,2-4,7H2,1H3. The lowest BCUT2D eigenvalue weighted by atomic mass is 10.0. The summed E-state index contributed by atoms with van der Waals surface area (Å²) < 4.78 is 7.25. The van der Waals surface area contributed by atoms with E-state index in [0.717, 1.165) is 30.2 Å². The molecule has 0 amide bonds. The summed E-state index contributed by atoms with van der Waals surface area (Å²) in [6.07, 6.45) is 5.56. The van der Waals surface area contributed by atoms with Gasteiger partial charge in [0.2, 0.25) is 0 Å². The first kappa shape index (κ1) is 10.5. The van der Waals surface area contributed by atoms with Crippen molar-refractivity contribution in [3.05, 3.63) is 24.2 Å². The molecular weight excluding hydrogens is 216 g/mol. The second-order valence-electron chi connectivity index (χ2n) is 4.36. The first-order chi connectivity index (χ1) is 8.38. The molecule has 0 aromatic carbocycles. The van der Waals surface area contributed by atoms with Crippen molar-refractivity contribution in [2.75, 3.05) is 13.7 Å². The molecule has 0 bridgehead atoms. The number of pyridine rings is 1. The van der Waals surface area contributed by atoms with E-state index in [4.69, 9.17) is 4.74 Å². The molecule has 0 aliphatic carbocycles. The smallest absolute Gasteiger partial charge is 0.161 e. The summed E-state index contributed by atoms with van der Waals surface area (Å²) in [7, 11) is 1.67. The fraction of sp³-hybridized carbons (Fsp3) is 0.500. The number of ether oxygens (including phenoxy) is 1. The van der Waals surface area contributed by atoms with Crippen molar-refractivity contribution in [1.29, 1.82) is 0 Å². The van der Waals surface area contributed by atoms with E-state index >= 15 is 0 Å². The summed E-state index contributed by atoms with van der Waals surface area (Å²) in [5, 5.41) is 12.0. The minimum Gasteiger partial charge on any atom is -0.495 e. The molecule has 3 rings (SSSR count). The maximum atomic E-state index is 5.24. The predicted octanol–water partition coefficient (Wildman–Crippen LogP) is 1.55. The molecule has 5 heteroatoms. The highest BCUT2D eigenvalue weighted by molar-refractivity contribution is 5.41. The van der Waals surface area contributed by atoms with Gasteiger partial charge in [0.05, 0.1) is 19.3 Å². The van der Waals surface area contributed by atoms with Gasteiger partial charge in [-0.2, -0.15) is 0 Å². The van der Waals surface area contributed by atoms with Crippen LogP contribution in [0.2, 0.25) is 0 Å². The number of nitrogens with zero attached hydrogens (tertiary/aromatic N) is 3. The summed E-state index contributed by atoms with van der Waals surface area (Å²) in [6, 6.07) is 4.14. The number of fused-ring (bicyclic) bond motifs is 1. The number of nitrogens with one attached hydrogen (secondary N) is 1. The summed E-state index contributed by atoms with van der Waals surface area (Å²) in [5.41, 5.74) is 0.869. The summed E-state index contributed by atoms with van der Waals surface area (Å²) >= 11 is 0. The topological polar surface area (TPSA) is 51.5 Å². The van der Waals surface area contributed by atoms with Crippen LogP contribution < -0.4 is 10.1 Å². The fourth-order valence-corrected chi connectivity index (χ4v) is 2.32. The molecule has 2 aromatic rings. The summed E-state index contributed by atoms with van der Waals surface area (Å²) in [4.78, 5) is 0. The Labute approximate surface area is 99.8 Å². The Bertz CT molecular complexity index is 516. The Morgan fingerprint density at radius 2 is 2.29 bits per heavy atom. The second kappa shape index (κ2) is 4.33. The van der Waals surface area contributed by atoms with Gasteiger partial charge in [0.25, 0.3) is 0 Å². The maximum absolute atomic E-state index is 5.24. The van der Waals surface area contributed by atoms with Gasteiger partial charge in [-0.1, -0.05) is 6.42 Å². The molecule has 3 heterocycles. The van der Waals surface area contributed by atoms with Gasteiger partial charge in [-0.05, 0) is 31.5 Å². The van der Waals surface area contributed by atoms with Crippen LogP contribution in [0.3, 0.4) is 0 Å². The van der Waals surface area contributed by atoms with Crippen molar-refractivity contribution in [2.24, 2.45) is 0 Å². The van der Waals surface area contributed by atoms with Gasteiger partial charge in [0.15, 0.2) is 11.5 Å². The van der Waals surface area contributed by atoms with Crippen molar-refractivity contribution >= 4 is 5.65 Å². The fourth-order valence-electron chi connectivity index (χ4n) is 2.32. The largest absolute Gasteiger partial charge is 0.495 e. The molecule has 1 atom stereocenters. The molecule has 0 saturated carbocycles. The molecule has 0 radical (unpaired) electrons.